The minimum Gasteiger partial charge on any atom is -0.352 e. The molecule has 4 rings (SSSR count). The fourth-order valence-corrected chi connectivity index (χ4v) is 4.26. The molecule has 0 bridgehead atoms. The first-order valence-corrected chi connectivity index (χ1v) is 10.2. The lowest BCUT2D eigenvalue weighted by atomic mass is 9.96. The van der Waals surface area contributed by atoms with Gasteiger partial charge in [0.1, 0.15) is 5.82 Å². The first kappa shape index (κ1) is 19.1. The maximum Gasteiger partial charge on any atom is 0.219 e. The molecule has 2 aromatic heterocycles. The van der Waals surface area contributed by atoms with Gasteiger partial charge >= 0.3 is 0 Å². The van der Waals surface area contributed by atoms with Crippen molar-refractivity contribution in [2.45, 2.75) is 58.0 Å². The van der Waals surface area contributed by atoms with Gasteiger partial charge < -0.3 is 9.80 Å². The molecule has 0 N–H and O–H groups in total. The molecular weight excluding hydrogens is 354 g/mol. The summed E-state index contributed by atoms with van der Waals surface area (Å²) in [6, 6.07) is 4.87. The van der Waals surface area contributed by atoms with Gasteiger partial charge in [0, 0.05) is 50.6 Å². The SMILES string of the molecule is CC(=O)N1CCCC1CN(C)C1CN(c2ccc3nnc(C(C)(C)C)n3n2)C1. The Kier molecular flexibility index (Phi) is 4.77. The second kappa shape index (κ2) is 6.99. The molecule has 0 saturated carbocycles. The molecule has 0 aliphatic carbocycles. The number of likely N-dealkylation sites (N-methyl/N-ethyl adjacent to an activating group) is 1. The molecule has 1 amide bonds. The van der Waals surface area contributed by atoms with Crippen LogP contribution in [0.15, 0.2) is 12.1 Å². The van der Waals surface area contributed by atoms with Gasteiger partial charge in [0.05, 0.1) is 0 Å². The third kappa shape index (κ3) is 3.45. The average molecular weight is 386 g/mol. The lowest BCUT2D eigenvalue weighted by Crippen LogP contribution is -2.60. The van der Waals surface area contributed by atoms with Gasteiger partial charge in [-0.3, -0.25) is 9.69 Å². The van der Waals surface area contributed by atoms with E-state index in [2.05, 4.69) is 47.8 Å². The molecular formula is C20H31N7O. The highest BCUT2D eigenvalue weighted by Gasteiger charge is 2.35. The van der Waals surface area contributed by atoms with Crippen molar-refractivity contribution in [2.24, 2.45) is 0 Å². The monoisotopic (exact) mass is 385 g/mol. The van der Waals surface area contributed by atoms with Crippen molar-refractivity contribution in [1.82, 2.24) is 29.6 Å². The summed E-state index contributed by atoms with van der Waals surface area (Å²) >= 11 is 0. The number of rotatable bonds is 4. The van der Waals surface area contributed by atoms with Gasteiger partial charge in [-0.1, -0.05) is 20.8 Å². The second-order valence-corrected chi connectivity index (χ2v) is 9.24. The van der Waals surface area contributed by atoms with E-state index in [0.29, 0.717) is 12.1 Å². The Morgan fingerprint density at radius 3 is 2.68 bits per heavy atom. The smallest absolute Gasteiger partial charge is 0.219 e. The van der Waals surface area contributed by atoms with E-state index in [9.17, 15) is 4.79 Å². The quantitative estimate of drug-likeness (QED) is 0.795. The van der Waals surface area contributed by atoms with Gasteiger partial charge in [-0.2, -0.15) is 4.52 Å². The molecule has 2 fully saturated rings. The van der Waals surface area contributed by atoms with Crippen molar-refractivity contribution in [3.05, 3.63) is 18.0 Å². The van der Waals surface area contributed by atoms with Gasteiger partial charge in [-0.15, -0.1) is 15.3 Å². The lowest BCUT2D eigenvalue weighted by Gasteiger charge is -2.45. The van der Waals surface area contributed by atoms with E-state index in [4.69, 9.17) is 5.10 Å². The van der Waals surface area contributed by atoms with Gasteiger partial charge in [0.25, 0.3) is 0 Å². The van der Waals surface area contributed by atoms with Gasteiger partial charge in [-0.25, -0.2) is 0 Å². The molecule has 28 heavy (non-hydrogen) atoms. The van der Waals surface area contributed by atoms with Crippen molar-refractivity contribution in [3.8, 4) is 0 Å². The molecule has 8 heteroatoms. The Bertz CT molecular complexity index is 865. The van der Waals surface area contributed by atoms with Crippen LogP contribution in [-0.4, -0.2) is 80.8 Å². The largest absolute Gasteiger partial charge is 0.352 e. The van der Waals surface area contributed by atoms with E-state index in [-0.39, 0.29) is 11.3 Å². The zero-order valence-electron chi connectivity index (χ0n) is 17.6. The minimum atomic E-state index is -0.105. The van der Waals surface area contributed by atoms with E-state index in [1.165, 1.54) is 0 Å². The molecule has 4 heterocycles. The molecule has 2 saturated heterocycles. The van der Waals surface area contributed by atoms with Crippen LogP contribution in [0.4, 0.5) is 5.82 Å². The van der Waals surface area contributed by atoms with Crippen molar-refractivity contribution in [1.29, 1.82) is 0 Å². The van der Waals surface area contributed by atoms with Crippen LogP contribution < -0.4 is 4.90 Å². The van der Waals surface area contributed by atoms with Gasteiger partial charge in [0.15, 0.2) is 11.5 Å². The summed E-state index contributed by atoms with van der Waals surface area (Å²) in [4.78, 5) is 18.5. The maximum atomic E-state index is 11.8. The second-order valence-electron chi connectivity index (χ2n) is 9.24. The molecule has 1 atom stereocenters. The summed E-state index contributed by atoms with van der Waals surface area (Å²) in [6.45, 7) is 11.8. The van der Waals surface area contributed by atoms with Crippen LogP contribution in [0.25, 0.3) is 5.65 Å². The fourth-order valence-electron chi connectivity index (χ4n) is 4.26. The van der Waals surface area contributed by atoms with Crippen molar-refractivity contribution >= 4 is 17.4 Å². The topological polar surface area (TPSA) is 69.9 Å². The van der Waals surface area contributed by atoms with E-state index in [1.807, 2.05) is 21.5 Å². The Hall–Kier alpha value is -2.22. The number of likely N-dealkylation sites (tertiary alicyclic amines) is 1. The third-order valence-corrected chi connectivity index (χ3v) is 6.01. The number of amides is 1. The first-order chi connectivity index (χ1) is 13.2. The van der Waals surface area contributed by atoms with E-state index in [0.717, 1.165) is 56.3 Å². The molecule has 0 spiro atoms. The number of nitrogens with zero attached hydrogens (tertiary/aromatic N) is 7. The Morgan fingerprint density at radius 2 is 2.00 bits per heavy atom. The van der Waals surface area contributed by atoms with Crippen LogP contribution in [0.1, 0.15) is 46.4 Å². The van der Waals surface area contributed by atoms with Crippen LogP contribution in [0.3, 0.4) is 0 Å². The first-order valence-electron chi connectivity index (χ1n) is 10.2. The number of hydrogen-bond donors (Lipinski definition) is 0. The van der Waals surface area contributed by atoms with Crippen LogP contribution in [-0.2, 0) is 10.2 Å². The number of carbonyl (C=O) groups is 1. The molecule has 0 radical (unpaired) electrons. The molecule has 8 nitrogen and oxygen atoms in total. The Balaban J connectivity index is 1.40. The summed E-state index contributed by atoms with van der Waals surface area (Å²) in [5.41, 5.74) is 0.681. The third-order valence-electron chi connectivity index (χ3n) is 6.01. The van der Waals surface area contributed by atoms with E-state index >= 15 is 0 Å². The zero-order chi connectivity index (χ0) is 20.1. The highest BCUT2D eigenvalue weighted by molar-refractivity contribution is 5.73. The molecule has 2 aliphatic heterocycles. The van der Waals surface area contributed by atoms with Crippen LogP contribution >= 0.6 is 0 Å². The Labute approximate surface area is 166 Å². The number of hydrogen-bond acceptors (Lipinski definition) is 6. The van der Waals surface area contributed by atoms with Crippen LogP contribution in [0, 0.1) is 0 Å². The molecule has 0 aromatic carbocycles. The van der Waals surface area contributed by atoms with Crippen LogP contribution in [0.2, 0.25) is 0 Å². The molecule has 1 unspecified atom stereocenters. The normalized spacial score (nSPS) is 21.0. The van der Waals surface area contributed by atoms with E-state index < -0.39 is 0 Å². The highest BCUT2D eigenvalue weighted by atomic mass is 16.2. The number of carbonyl (C=O) groups excluding carboxylic acids is 1. The van der Waals surface area contributed by atoms with Crippen LogP contribution in [0.5, 0.6) is 0 Å². The number of anilines is 1. The predicted molar refractivity (Wildman–Crippen MR) is 109 cm³/mol. The lowest BCUT2D eigenvalue weighted by molar-refractivity contribution is -0.130. The van der Waals surface area contributed by atoms with Crippen molar-refractivity contribution in [3.63, 3.8) is 0 Å². The Morgan fingerprint density at radius 1 is 1.25 bits per heavy atom. The zero-order valence-corrected chi connectivity index (χ0v) is 17.6. The van der Waals surface area contributed by atoms with Crippen molar-refractivity contribution < 1.29 is 4.79 Å². The summed E-state index contributed by atoms with van der Waals surface area (Å²) in [5, 5.41) is 13.4. The predicted octanol–water partition coefficient (Wildman–Crippen LogP) is 1.55. The standard InChI is InChI=1S/C20H31N7O/c1-14(28)26-10-6-7-15(26)11-24(5)16-12-25(13-16)18-9-8-17-21-22-19(20(2,3)4)27(17)23-18/h8-9,15-16H,6-7,10-13H2,1-5H3. The summed E-state index contributed by atoms with van der Waals surface area (Å²) in [7, 11) is 2.17. The van der Waals surface area contributed by atoms with Gasteiger partial charge in [0.2, 0.25) is 5.91 Å². The highest BCUT2D eigenvalue weighted by Crippen LogP contribution is 2.26. The fraction of sp³-hybridized carbons (Fsp3) is 0.700. The van der Waals surface area contributed by atoms with Gasteiger partial charge in [-0.05, 0) is 32.0 Å². The number of fused-ring (bicyclic) bond motifs is 1. The number of aromatic nitrogens is 4. The maximum absolute atomic E-state index is 11.8. The molecule has 2 aliphatic rings. The van der Waals surface area contributed by atoms with E-state index in [1.54, 1.807) is 6.92 Å². The molecule has 2 aromatic rings. The average Bonchev–Trinajstić information content (AvgIpc) is 3.19. The summed E-state index contributed by atoms with van der Waals surface area (Å²) < 4.78 is 1.87. The minimum absolute atomic E-state index is 0.105. The van der Waals surface area contributed by atoms with Crippen molar-refractivity contribution in [2.75, 3.05) is 38.1 Å². The summed E-state index contributed by atoms with van der Waals surface area (Å²) in [6.07, 6.45) is 2.23. The summed E-state index contributed by atoms with van der Waals surface area (Å²) in [5.74, 6) is 2.05. The molecule has 152 valence electrons.